The zero-order valence-corrected chi connectivity index (χ0v) is 18.6. The number of aryl methyl sites for hydroxylation is 1. The normalized spacial score (nSPS) is 10.6. The summed E-state index contributed by atoms with van der Waals surface area (Å²) >= 11 is 0. The second-order valence-corrected chi connectivity index (χ2v) is 7.34. The molecule has 0 aliphatic heterocycles. The molecular formula is C18H32NNaO4S. The van der Waals surface area contributed by atoms with Crippen LogP contribution in [0.1, 0.15) is 76.7 Å². The van der Waals surface area contributed by atoms with Gasteiger partial charge in [-0.15, -0.1) is 0 Å². The Labute approximate surface area is 175 Å². The molecule has 5 nitrogen and oxygen atoms in total. The molecule has 0 radical (unpaired) electrons. The Hall–Kier alpha value is 0.0500. The molecule has 0 atom stereocenters. The van der Waals surface area contributed by atoms with E-state index in [1.165, 1.54) is 57.4 Å². The standard InChI is InChI=1S/C18H30O3S.H3NO.Na/c1-2-3-4-5-6-7-8-9-10-11-14-17-15-12-13-16-18(17)22(19,20)21;1-2;/h12-13,15-16H,2-11,14H2,1H3,(H,19,20,21);2H,1H2;/q;;+1/p-1. The smallest absolute Gasteiger partial charge is 0.744 e. The van der Waals surface area contributed by atoms with Crippen LogP contribution < -0.4 is 35.5 Å². The van der Waals surface area contributed by atoms with Crippen molar-refractivity contribution >= 4 is 10.1 Å². The second kappa shape index (κ2) is 17.5. The monoisotopic (exact) mass is 381 g/mol. The zero-order valence-electron chi connectivity index (χ0n) is 15.7. The van der Waals surface area contributed by atoms with Gasteiger partial charge in [0.15, 0.2) is 0 Å². The SMILES string of the molecule is CCCCCCCCCCCCc1ccccc1S(=O)(=O)[O-].NO.[Na+]. The fraction of sp³-hybridized carbons (Fsp3) is 0.667. The Morgan fingerprint density at radius 1 is 0.880 bits per heavy atom. The number of unbranched alkanes of at least 4 members (excludes halogenated alkanes) is 9. The first kappa shape index (κ1) is 27.3. The van der Waals surface area contributed by atoms with Gasteiger partial charge in [0.1, 0.15) is 10.1 Å². The van der Waals surface area contributed by atoms with Crippen molar-refractivity contribution in [1.82, 2.24) is 0 Å². The van der Waals surface area contributed by atoms with Crippen LogP contribution in [0, 0.1) is 0 Å². The number of rotatable bonds is 12. The molecule has 0 aliphatic carbocycles. The number of benzene rings is 1. The molecule has 0 unspecified atom stereocenters. The summed E-state index contributed by atoms with van der Waals surface area (Å²) in [6, 6.07) is 6.56. The van der Waals surface area contributed by atoms with Gasteiger partial charge in [0.25, 0.3) is 0 Å². The maximum Gasteiger partial charge on any atom is 1.00 e. The summed E-state index contributed by atoms with van der Waals surface area (Å²) < 4.78 is 33.5. The molecule has 0 amide bonds. The first-order valence-electron chi connectivity index (χ1n) is 8.85. The van der Waals surface area contributed by atoms with Crippen molar-refractivity contribution < 1.29 is 47.7 Å². The molecule has 0 fully saturated rings. The third kappa shape index (κ3) is 13.9. The molecule has 0 bridgehead atoms. The van der Waals surface area contributed by atoms with Crippen molar-refractivity contribution in [3.8, 4) is 0 Å². The van der Waals surface area contributed by atoms with E-state index in [1.54, 1.807) is 18.2 Å². The molecule has 0 aromatic heterocycles. The molecule has 1 aromatic rings. The Balaban J connectivity index is 0. The Morgan fingerprint density at radius 2 is 1.32 bits per heavy atom. The van der Waals surface area contributed by atoms with Crippen molar-refractivity contribution in [2.75, 3.05) is 0 Å². The Kier molecular flexibility index (Phi) is 19.0. The third-order valence-corrected chi connectivity index (χ3v) is 4.98. The van der Waals surface area contributed by atoms with Crippen molar-refractivity contribution in [1.29, 1.82) is 0 Å². The van der Waals surface area contributed by atoms with Crippen LogP contribution in [-0.2, 0) is 16.5 Å². The summed E-state index contributed by atoms with van der Waals surface area (Å²) in [6.07, 6.45) is 13.2. The zero-order chi connectivity index (χ0) is 18.3. The summed E-state index contributed by atoms with van der Waals surface area (Å²) in [6.45, 7) is 2.23. The summed E-state index contributed by atoms with van der Waals surface area (Å²) in [5.41, 5.74) is 0.664. The van der Waals surface area contributed by atoms with Crippen LogP contribution >= 0.6 is 0 Å². The summed E-state index contributed by atoms with van der Waals surface area (Å²) in [5, 5.41) is 6.50. The van der Waals surface area contributed by atoms with E-state index in [-0.39, 0.29) is 34.5 Å². The Bertz CT molecular complexity index is 524. The largest absolute Gasteiger partial charge is 1.00 e. The van der Waals surface area contributed by atoms with Gasteiger partial charge in [-0.05, 0) is 24.5 Å². The first-order valence-corrected chi connectivity index (χ1v) is 10.3. The molecule has 0 spiro atoms. The maximum absolute atomic E-state index is 11.2. The van der Waals surface area contributed by atoms with Gasteiger partial charge < -0.3 is 9.76 Å². The van der Waals surface area contributed by atoms with Crippen molar-refractivity contribution in [2.24, 2.45) is 5.90 Å². The molecule has 140 valence electrons. The van der Waals surface area contributed by atoms with Gasteiger partial charge in [0.2, 0.25) is 0 Å². The molecule has 7 heteroatoms. The van der Waals surface area contributed by atoms with Crippen LogP contribution in [0.3, 0.4) is 0 Å². The van der Waals surface area contributed by atoms with E-state index in [0.717, 1.165) is 12.8 Å². The van der Waals surface area contributed by atoms with E-state index in [1.807, 2.05) is 0 Å². The van der Waals surface area contributed by atoms with E-state index in [2.05, 4.69) is 12.8 Å². The number of nitrogens with two attached hydrogens (primary N) is 1. The maximum atomic E-state index is 11.2. The van der Waals surface area contributed by atoms with Crippen molar-refractivity contribution in [3.05, 3.63) is 29.8 Å². The van der Waals surface area contributed by atoms with Crippen molar-refractivity contribution in [3.63, 3.8) is 0 Å². The minimum absolute atomic E-state index is 0. The van der Waals surface area contributed by atoms with Crippen LogP contribution in [0.4, 0.5) is 0 Å². The van der Waals surface area contributed by atoms with Gasteiger partial charge in [-0.1, -0.05) is 82.9 Å². The first-order chi connectivity index (χ1) is 11.6. The number of hydrogen-bond acceptors (Lipinski definition) is 5. The second-order valence-electron chi connectivity index (χ2n) is 5.99. The molecule has 1 rings (SSSR count). The summed E-state index contributed by atoms with van der Waals surface area (Å²) in [4.78, 5) is -0.0501. The van der Waals surface area contributed by atoms with Crippen LogP contribution in [0.15, 0.2) is 29.2 Å². The molecule has 3 N–H and O–H groups in total. The van der Waals surface area contributed by atoms with Gasteiger partial charge >= 0.3 is 29.6 Å². The summed E-state index contributed by atoms with van der Waals surface area (Å²) in [5.74, 6) is 3.50. The molecule has 0 saturated heterocycles. The van der Waals surface area contributed by atoms with Crippen molar-refractivity contribution in [2.45, 2.75) is 82.4 Å². The van der Waals surface area contributed by atoms with E-state index in [0.29, 0.717) is 12.0 Å². The minimum atomic E-state index is -4.35. The molecule has 0 aliphatic rings. The van der Waals surface area contributed by atoms with Gasteiger partial charge in [-0.2, -0.15) is 0 Å². The average molecular weight is 382 g/mol. The van der Waals surface area contributed by atoms with Crippen LogP contribution in [0.25, 0.3) is 0 Å². The average Bonchev–Trinajstić information content (AvgIpc) is 2.58. The van der Waals surface area contributed by atoms with Gasteiger partial charge in [-0.3, -0.25) is 0 Å². The molecule has 0 saturated carbocycles. The van der Waals surface area contributed by atoms with Gasteiger partial charge in [-0.25, -0.2) is 14.3 Å². The number of hydrogen-bond donors (Lipinski definition) is 2. The van der Waals surface area contributed by atoms with E-state index < -0.39 is 10.1 Å². The quantitative estimate of drug-likeness (QED) is 0.246. The predicted molar refractivity (Wildman–Crippen MR) is 95.9 cm³/mol. The van der Waals surface area contributed by atoms with E-state index in [4.69, 9.17) is 5.21 Å². The molecular weight excluding hydrogens is 349 g/mol. The van der Waals surface area contributed by atoms with Gasteiger partial charge in [0, 0.05) is 0 Å². The van der Waals surface area contributed by atoms with E-state index >= 15 is 0 Å². The third-order valence-electron chi connectivity index (χ3n) is 4.04. The topological polar surface area (TPSA) is 103 Å². The molecule has 0 heterocycles. The van der Waals surface area contributed by atoms with Crippen LogP contribution in [0.2, 0.25) is 0 Å². The fourth-order valence-electron chi connectivity index (χ4n) is 2.76. The van der Waals surface area contributed by atoms with Gasteiger partial charge in [0.05, 0.1) is 4.90 Å². The summed E-state index contributed by atoms with van der Waals surface area (Å²) in [7, 11) is -4.35. The fourth-order valence-corrected chi connectivity index (χ4v) is 3.49. The molecule has 25 heavy (non-hydrogen) atoms. The Morgan fingerprint density at radius 3 is 1.80 bits per heavy atom. The predicted octanol–water partition coefficient (Wildman–Crippen LogP) is 1.39. The van der Waals surface area contributed by atoms with Crippen LogP contribution in [-0.4, -0.2) is 18.2 Å². The minimum Gasteiger partial charge on any atom is -0.744 e. The van der Waals surface area contributed by atoms with Crippen LogP contribution in [0.5, 0.6) is 0 Å². The molecule has 1 aromatic carbocycles. The van der Waals surface area contributed by atoms with E-state index in [9.17, 15) is 13.0 Å².